The standard InChI is InChI=1S/C9H14N4O/c1-6-8(5-11-12-6)13-3-2-7(10)4-9(13)14/h5,7H,2-4,10H2,1H3,(H,11,12). The lowest BCUT2D eigenvalue weighted by atomic mass is 10.0. The minimum atomic E-state index is 0.0194. The van der Waals surface area contributed by atoms with E-state index >= 15 is 0 Å². The van der Waals surface area contributed by atoms with Gasteiger partial charge in [0.25, 0.3) is 0 Å². The maximum atomic E-state index is 11.7. The highest BCUT2D eigenvalue weighted by molar-refractivity contribution is 5.94. The number of nitrogens with zero attached hydrogens (tertiary/aromatic N) is 2. The summed E-state index contributed by atoms with van der Waals surface area (Å²) in [7, 11) is 0. The van der Waals surface area contributed by atoms with Crippen LogP contribution in [0.2, 0.25) is 0 Å². The molecule has 1 fully saturated rings. The molecule has 76 valence electrons. The van der Waals surface area contributed by atoms with E-state index in [0.29, 0.717) is 13.0 Å². The Morgan fingerprint density at radius 3 is 3.07 bits per heavy atom. The Balaban J connectivity index is 2.20. The molecule has 14 heavy (non-hydrogen) atoms. The minimum Gasteiger partial charge on any atom is -0.327 e. The number of amides is 1. The van der Waals surface area contributed by atoms with Crippen LogP contribution in [-0.2, 0) is 4.79 Å². The Morgan fingerprint density at radius 1 is 1.71 bits per heavy atom. The first-order valence-electron chi connectivity index (χ1n) is 4.74. The first-order valence-corrected chi connectivity index (χ1v) is 4.74. The predicted octanol–water partition coefficient (Wildman–Crippen LogP) is 0.172. The molecule has 5 heteroatoms. The first kappa shape index (κ1) is 9.21. The molecule has 1 unspecified atom stereocenters. The fourth-order valence-electron chi connectivity index (χ4n) is 1.73. The number of aryl methyl sites for hydroxylation is 1. The maximum absolute atomic E-state index is 11.7. The second kappa shape index (κ2) is 3.42. The van der Waals surface area contributed by atoms with Gasteiger partial charge in [0, 0.05) is 19.0 Å². The molecule has 1 saturated heterocycles. The van der Waals surface area contributed by atoms with Crippen molar-refractivity contribution in [3.63, 3.8) is 0 Å². The van der Waals surface area contributed by atoms with E-state index in [2.05, 4.69) is 10.2 Å². The highest BCUT2D eigenvalue weighted by atomic mass is 16.2. The highest BCUT2D eigenvalue weighted by Crippen LogP contribution is 2.21. The van der Waals surface area contributed by atoms with Crippen molar-refractivity contribution in [1.82, 2.24) is 10.2 Å². The van der Waals surface area contributed by atoms with Crippen LogP contribution in [0.4, 0.5) is 5.69 Å². The normalized spacial score (nSPS) is 22.9. The zero-order valence-corrected chi connectivity index (χ0v) is 8.16. The number of carbonyl (C=O) groups is 1. The molecule has 0 bridgehead atoms. The van der Waals surface area contributed by atoms with Gasteiger partial charge in [-0.1, -0.05) is 0 Å². The molecule has 2 rings (SSSR count). The smallest absolute Gasteiger partial charge is 0.228 e. The first-order chi connectivity index (χ1) is 6.68. The zero-order chi connectivity index (χ0) is 10.1. The number of piperidine rings is 1. The average Bonchev–Trinajstić information content (AvgIpc) is 2.52. The van der Waals surface area contributed by atoms with Gasteiger partial charge >= 0.3 is 0 Å². The van der Waals surface area contributed by atoms with Crippen molar-refractivity contribution in [2.75, 3.05) is 11.4 Å². The number of hydrogen-bond donors (Lipinski definition) is 2. The third-order valence-corrected chi connectivity index (χ3v) is 2.56. The van der Waals surface area contributed by atoms with E-state index in [9.17, 15) is 4.79 Å². The van der Waals surface area contributed by atoms with Gasteiger partial charge in [-0.3, -0.25) is 9.89 Å². The number of rotatable bonds is 1. The Bertz CT molecular complexity index is 346. The van der Waals surface area contributed by atoms with E-state index in [-0.39, 0.29) is 11.9 Å². The summed E-state index contributed by atoms with van der Waals surface area (Å²) in [4.78, 5) is 13.4. The lowest BCUT2D eigenvalue weighted by molar-refractivity contribution is -0.119. The molecule has 0 saturated carbocycles. The van der Waals surface area contributed by atoms with E-state index < -0.39 is 0 Å². The molecule has 1 aliphatic heterocycles. The van der Waals surface area contributed by atoms with Gasteiger partial charge in [-0.05, 0) is 13.3 Å². The topological polar surface area (TPSA) is 75.0 Å². The fourth-order valence-corrected chi connectivity index (χ4v) is 1.73. The van der Waals surface area contributed by atoms with Crippen LogP contribution in [0.25, 0.3) is 0 Å². The highest BCUT2D eigenvalue weighted by Gasteiger charge is 2.25. The number of aromatic nitrogens is 2. The third kappa shape index (κ3) is 1.50. The molecule has 2 heterocycles. The number of nitrogens with two attached hydrogens (primary N) is 1. The Morgan fingerprint density at radius 2 is 2.50 bits per heavy atom. The zero-order valence-electron chi connectivity index (χ0n) is 8.16. The van der Waals surface area contributed by atoms with E-state index in [1.54, 1.807) is 11.1 Å². The van der Waals surface area contributed by atoms with Gasteiger partial charge in [0.2, 0.25) is 5.91 Å². The number of nitrogens with one attached hydrogen (secondary N) is 1. The van der Waals surface area contributed by atoms with Crippen molar-refractivity contribution in [1.29, 1.82) is 0 Å². The number of anilines is 1. The van der Waals surface area contributed by atoms with E-state index in [0.717, 1.165) is 17.8 Å². The Labute approximate surface area is 82.3 Å². The summed E-state index contributed by atoms with van der Waals surface area (Å²) in [5.74, 6) is 0.0910. The van der Waals surface area contributed by atoms with E-state index in [1.807, 2.05) is 6.92 Å². The lowest BCUT2D eigenvalue weighted by Crippen LogP contribution is -2.44. The van der Waals surface area contributed by atoms with E-state index in [4.69, 9.17) is 5.73 Å². The summed E-state index contributed by atoms with van der Waals surface area (Å²) >= 11 is 0. The SMILES string of the molecule is Cc1[nH]ncc1N1CCC(N)CC1=O. The summed E-state index contributed by atoms with van der Waals surface area (Å²) in [6.07, 6.45) is 2.98. The molecular formula is C9H14N4O. The molecule has 0 aromatic carbocycles. The van der Waals surface area contributed by atoms with Gasteiger partial charge in [-0.2, -0.15) is 5.10 Å². The molecule has 1 aromatic heterocycles. The third-order valence-electron chi connectivity index (χ3n) is 2.56. The van der Waals surface area contributed by atoms with Crippen molar-refractivity contribution < 1.29 is 4.79 Å². The largest absolute Gasteiger partial charge is 0.327 e. The van der Waals surface area contributed by atoms with Crippen molar-refractivity contribution in [2.45, 2.75) is 25.8 Å². The number of H-pyrrole nitrogens is 1. The van der Waals surface area contributed by atoms with Crippen LogP contribution in [0.15, 0.2) is 6.20 Å². The Hall–Kier alpha value is -1.36. The summed E-state index contributed by atoms with van der Waals surface area (Å²) in [5, 5.41) is 6.72. The van der Waals surface area contributed by atoms with Gasteiger partial charge in [0.1, 0.15) is 0 Å². The van der Waals surface area contributed by atoms with Crippen LogP contribution in [0.3, 0.4) is 0 Å². The second-order valence-electron chi connectivity index (χ2n) is 3.68. The summed E-state index contributed by atoms with van der Waals surface area (Å²) in [6.45, 7) is 2.60. The minimum absolute atomic E-state index is 0.0194. The lowest BCUT2D eigenvalue weighted by Gasteiger charge is -2.29. The molecule has 3 N–H and O–H groups in total. The summed E-state index contributed by atoms with van der Waals surface area (Å²) < 4.78 is 0. The number of hydrogen-bond acceptors (Lipinski definition) is 3. The van der Waals surface area contributed by atoms with Crippen molar-refractivity contribution in [3.05, 3.63) is 11.9 Å². The predicted molar refractivity (Wildman–Crippen MR) is 52.9 cm³/mol. The Kier molecular flexibility index (Phi) is 2.25. The van der Waals surface area contributed by atoms with Crippen LogP contribution in [0.5, 0.6) is 0 Å². The molecule has 0 radical (unpaired) electrons. The fraction of sp³-hybridized carbons (Fsp3) is 0.556. The van der Waals surface area contributed by atoms with Crippen molar-refractivity contribution >= 4 is 11.6 Å². The van der Waals surface area contributed by atoms with Crippen LogP contribution in [0.1, 0.15) is 18.5 Å². The number of aromatic amines is 1. The van der Waals surface area contributed by atoms with Crippen molar-refractivity contribution in [3.8, 4) is 0 Å². The van der Waals surface area contributed by atoms with Gasteiger partial charge in [-0.15, -0.1) is 0 Å². The van der Waals surface area contributed by atoms with Crippen LogP contribution in [-0.4, -0.2) is 28.7 Å². The van der Waals surface area contributed by atoms with E-state index in [1.165, 1.54) is 0 Å². The molecule has 1 aromatic rings. The quantitative estimate of drug-likeness (QED) is 0.669. The maximum Gasteiger partial charge on any atom is 0.228 e. The monoisotopic (exact) mass is 194 g/mol. The number of carbonyl (C=O) groups excluding carboxylic acids is 1. The summed E-state index contributed by atoms with van der Waals surface area (Å²) in [6, 6.07) is 0.0194. The average molecular weight is 194 g/mol. The molecule has 1 aliphatic rings. The second-order valence-corrected chi connectivity index (χ2v) is 3.68. The van der Waals surface area contributed by atoms with Gasteiger partial charge in [-0.25, -0.2) is 0 Å². The van der Waals surface area contributed by atoms with Gasteiger partial charge < -0.3 is 10.6 Å². The molecule has 1 amide bonds. The van der Waals surface area contributed by atoms with Crippen LogP contribution < -0.4 is 10.6 Å². The molecule has 0 aliphatic carbocycles. The molecule has 5 nitrogen and oxygen atoms in total. The summed E-state index contributed by atoms with van der Waals surface area (Å²) in [5.41, 5.74) is 7.51. The van der Waals surface area contributed by atoms with Crippen LogP contribution in [0, 0.1) is 6.92 Å². The molecule has 0 spiro atoms. The molecule has 1 atom stereocenters. The molecular weight excluding hydrogens is 180 g/mol. The van der Waals surface area contributed by atoms with Gasteiger partial charge in [0.05, 0.1) is 17.6 Å². The van der Waals surface area contributed by atoms with Gasteiger partial charge in [0.15, 0.2) is 0 Å². The van der Waals surface area contributed by atoms with Crippen molar-refractivity contribution in [2.24, 2.45) is 5.73 Å². The van der Waals surface area contributed by atoms with Crippen LogP contribution >= 0.6 is 0 Å².